The van der Waals surface area contributed by atoms with Crippen LogP contribution in [-0.2, 0) is 0 Å². The molecule has 0 aliphatic rings. The fourth-order valence-electron chi connectivity index (χ4n) is 1.71. The maximum atomic E-state index is 12.8. The summed E-state index contributed by atoms with van der Waals surface area (Å²) >= 11 is 0. The molecule has 86 valence electrons. The van der Waals surface area contributed by atoms with Crippen molar-refractivity contribution in [3.63, 3.8) is 0 Å². The van der Waals surface area contributed by atoms with Gasteiger partial charge in [-0.1, -0.05) is 48.0 Å². The first-order valence-electron chi connectivity index (χ1n) is 5.66. The van der Waals surface area contributed by atoms with E-state index in [0.29, 0.717) is 0 Å². The minimum Gasteiger partial charge on any atom is -0.207 e. The fourth-order valence-corrected chi connectivity index (χ4v) is 1.71. The highest BCUT2D eigenvalue weighted by Crippen LogP contribution is 2.18. The van der Waals surface area contributed by atoms with E-state index in [9.17, 15) is 4.39 Å². The lowest BCUT2D eigenvalue weighted by atomic mass is 10.0. The zero-order chi connectivity index (χ0) is 12.3. The van der Waals surface area contributed by atoms with Gasteiger partial charge in [0.1, 0.15) is 5.82 Å². The first kappa shape index (κ1) is 11.6. The normalized spacial score (nSPS) is 11.6. The van der Waals surface area contributed by atoms with Gasteiger partial charge >= 0.3 is 0 Å². The average Bonchev–Trinajstić information content (AvgIpc) is 2.33. The number of benzene rings is 2. The minimum atomic E-state index is -0.199. The van der Waals surface area contributed by atoms with Gasteiger partial charge in [0.2, 0.25) is 0 Å². The zero-order valence-electron chi connectivity index (χ0n) is 10.1. The Morgan fingerprint density at radius 3 is 2.12 bits per heavy atom. The van der Waals surface area contributed by atoms with E-state index in [1.165, 1.54) is 28.8 Å². The van der Waals surface area contributed by atoms with Gasteiger partial charge in [-0.25, -0.2) is 4.39 Å². The monoisotopic (exact) mass is 226 g/mol. The van der Waals surface area contributed by atoms with Crippen LogP contribution in [0.25, 0.3) is 11.6 Å². The number of rotatable bonds is 2. The maximum Gasteiger partial charge on any atom is 0.123 e. The largest absolute Gasteiger partial charge is 0.207 e. The third-order valence-corrected chi connectivity index (χ3v) is 2.76. The first-order chi connectivity index (χ1) is 8.15. The molecule has 0 atom stereocenters. The molecule has 0 N–H and O–H groups in total. The fraction of sp³-hybridized carbons (Fsp3) is 0.125. The lowest BCUT2D eigenvalue weighted by Crippen LogP contribution is -1.81. The molecule has 0 fully saturated rings. The molecule has 0 aliphatic heterocycles. The van der Waals surface area contributed by atoms with Crippen LogP contribution >= 0.6 is 0 Å². The van der Waals surface area contributed by atoms with E-state index < -0.39 is 0 Å². The average molecular weight is 226 g/mol. The Morgan fingerprint density at radius 2 is 1.53 bits per heavy atom. The van der Waals surface area contributed by atoms with Crippen LogP contribution in [0.3, 0.4) is 0 Å². The molecule has 0 aliphatic carbocycles. The molecule has 0 heterocycles. The number of hydrogen-bond acceptors (Lipinski definition) is 0. The number of allylic oxidation sites excluding steroid dienone is 1. The van der Waals surface area contributed by atoms with Gasteiger partial charge in [-0.2, -0.15) is 0 Å². The smallest absolute Gasteiger partial charge is 0.123 e. The van der Waals surface area contributed by atoms with Crippen LogP contribution < -0.4 is 0 Å². The van der Waals surface area contributed by atoms with Crippen molar-refractivity contribution < 1.29 is 4.39 Å². The maximum absolute atomic E-state index is 12.8. The molecule has 0 nitrogen and oxygen atoms in total. The van der Waals surface area contributed by atoms with Gasteiger partial charge in [-0.3, -0.25) is 0 Å². The van der Waals surface area contributed by atoms with Crippen LogP contribution in [0.5, 0.6) is 0 Å². The molecular formula is C16H15F. The molecule has 2 aromatic rings. The van der Waals surface area contributed by atoms with Crippen molar-refractivity contribution in [2.45, 2.75) is 13.8 Å². The Balaban J connectivity index is 2.27. The van der Waals surface area contributed by atoms with Crippen LogP contribution in [0.2, 0.25) is 0 Å². The number of halogens is 1. The quantitative estimate of drug-likeness (QED) is 0.651. The molecule has 0 bridgehead atoms. The summed E-state index contributed by atoms with van der Waals surface area (Å²) in [7, 11) is 0. The Kier molecular flexibility index (Phi) is 3.38. The molecule has 2 rings (SSSR count). The molecular weight excluding hydrogens is 211 g/mol. The molecule has 2 aromatic carbocycles. The topological polar surface area (TPSA) is 0 Å². The Morgan fingerprint density at radius 1 is 0.941 bits per heavy atom. The molecule has 0 spiro atoms. The van der Waals surface area contributed by atoms with Crippen LogP contribution in [-0.4, -0.2) is 0 Å². The van der Waals surface area contributed by atoms with Crippen molar-refractivity contribution in [3.8, 4) is 0 Å². The van der Waals surface area contributed by atoms with Crippen molar-refractivity contribution in [3.05, 3.63) is 71.0 Å². The van der Waals surface area contributed by atoms with Crippen molar-refractivity contribution in [2.24, 2.45) is 0 Å². The minimum absolute atomic E-state index is 0.199. The summed E-state index contributed by atoms with van der Waals surface area (Å²) in [6.45, 7) is 4.14. The van der Waals surface area contributed by atoms with Gasteiger partial charge < -0.3 is 0 Å². The van der Waals surface area contributed by atoms with Crippen molar-refractivity contribution in [1.29, 1.82) is 0 Å². The van der Waals surface area contributed by atoms with Gasteiger partial charge in [0.05, 0.1) is 0 Å². The highest BCUT2D eigenvalue weighted by Gasteiger charge is 1.96. The van der Waals surface area contributed by atoms with Crippen LogP contribution in [0.4, 0.5) is 4.39 Å². The number of hydrogen-bond donors (Lipinski definition) is 0. The van der Waals surface area contributed by atoms with E-state index in [4.69, 9.17) is 0 Å². The van der Waals surface area contributed by atoms with E-state index in [1.54, 1.807) is 12.1 Å². The third-order valence-electron chi connectivity index (χ3n) is 2.76. The van der Waals surface area contributed by atoms with Gasteiger partial charge in [-0.05, 0) is 42.7 Å². The highest BCUT2D eigenvalue weighted by molar-refractivity contribution is 5.80. The molecule has 1 heteroatoms. The second-order valence-electron chi connectivity index (χ2n) is 4.24. The van der Waals surface area contributed by atoms with Crippen molar-refractivity contribution >= 4 is 11.6 Å². The Bertz CT molecular complexity index is 518. The summed E-state index contributed by atoms with van der Waals surface area (Å²) in [6, 6.07) is 14.9. The molecule has 17 heavy (non-hydrogen) atoms. The standard InChI is InChI=1S/C16H15F/c1-12-3-7-15(8-4-12)13(2)11-14-5-9-16(17)10-6-14/h3-11H,1-2H3/b13-11+. The van der Waals surface area contributed by atoms with Crippen LogP contribution in [0, 0.1) is 12.7 Å². The van der Waals surface area contributed by atoms with Gasteiger partial charge in [-0.15, -0.1) is 0 Å². The van der Waals surface area contributed by atoms with Gasteiger partial charge in [0, 0.05) is 0 Å². The summed E-state index contributed by atoms with van der Waals surface area (Å²) in [5.74, 6) is -0.199. The summed E-state index contributed by atoms with van der Waals surface area (Å²) in [5, 5.41) is 0. The molecule has 0 amide bonds. The summed E-state index contributed by atoms with van der Waals surface area (Å²) in [5.41, 5.74) is 4.64. The SMILES string of the molecule is C/C(=C\c1ccc(F)cc1)c1ccc(C)cc1. The predicted octanol–water partition coefficient (Wildman–Crippen LogP) is 4.69. The summed E-state index contributed by atoms with van der Waals surface area (Å²) in [6.07, 6.45) is 2.06. The van der Waals surface area contributed by atoms with E-state index >= 15 is 0 Å². The Hall–Kier alpha value is -1.89. The van der Waals surface area contributed by atoms with Crippen LogP contribution in [0.1, 0.15) is 23.6 Å². The van der Waals surface area contributed by atoms with E-state index in [0.717, 1.165) is 5.56 Å². The van der Waals surface area contributed by atoms with E-state index in [1.807, 2.05) is 0 Å². The Labute approximate surface area is 101 Å². The second kappa shape index (κ2) is 4.96. The second-order valence-corrected chi connectivity index (χ2v) is 4.24. The van der Waals surface area contributed by atoms with Crippen molar-refractivity contribution in [1.82, 2.24) is 0 Å². The van der Waals surface area contributed by atoms with Crippen LogP contribution in [0.15, 0.2) is 48.5 Å². The zero-order valence-corrected chi connectivity index (χ0v) is 10.1. The van der Waals surface area contributed by atoms with E-state index in [-0.39, 0.29) is 5.82 Å². The molecule has 0 saturated carbocycles. The molecule has 0 saturated heterocycles. The molecule has 0 radical (unpaired) electrons. The van der Waals surface area contributed by atoms with Crippen molar-refractivity contribution in [2.75, 3.05) is 0 Å². The lowest BCUT2D eigenvalue weighted by molar-refractivity contribution is 0.628. The molecule has 0 aromatic heterocycles. The summed E-state index contributed by atoms with van der Waals surface area (Å²) < 4.78 is 12.8. The lowest BCUT2D eigenvalue weighted by Gasteiger charge is -2.02. The number of aryl methyl sites for hydroxylation is 1. The molecule has 0 unspecified atom stereocenters. The van der Waals surface area contributed by atoms with Gasteiger partial charge in [0.15, 0.2) is 0 Å². The van der Waals surface area contributed by atoms with E-state index in [2.05, 4.69) is 44.2 Å². The highest BCUT2D eigenvalue weighted by atomic mass is 19.1. The van der Waals surface area contributed by atoms with Gasteiger partial charge in [0.25, 0.3) is 0 Å². The predicted molar refractivity (Wildman–Crippen MR) is 71.1 cm³/mol. The third kappa shape index (κ3) is 3.04. The summed E-state index contributed by atoms with van der Waals surface area (Å²) in [4.78, 5) is 0. The first-order valence-corrected chi connectivity index (χ1v) is 5.66.